The molecule has 0 atom stereocenters. The third-order valence-corrected chi connectivity index (χ3v) is 4.19. The van der Waals surface area contributed by atoms with E-state index < -0.39 is 0 Å². The van der Waals surface area contributed by atoms with E-state index in [1.807, 2.05) is 11.4 Å². The molecular weight excluding hydrogens is 324 g/mol. The van der Waals surface area contributed by atoms with Crippen LogP contribution in [0.25, 0.3) is 11.3 Å². The average molecular weight is 335 g/mol. The molecule has 3 rings (SSSR count). The van der Waals surface area contributed by atoms with Crippen LogP contribution < -0.4 is 5.32 Å². The Morgan fingerprint density at radius 1 is 1.21 bits per heavy atom. The van der Waals surface area contributed by atoms with Gasteiger partial charge in [0.25, 0.3) is 0 Å². The molecule has 3 aromatic rings. The van der Waals surface area contributed by atoms with Gasteiger partial charge in [-0.05, 0) is 33.1 Å². The zero-order chi connectivity index (χ0) is 13.1. The highest BCUT2D eigenvalue weighted by atomic mass is 79.9. The quantitative estimate of drug-likeness (QED) is 0.760. The molecule has 2 aromatic heterocycles. The van der Waals surface area contributed by atoms with Crippen LogP contribution in [0.4, 0.5) is 5.13 Å². The van der Waals surface area contributed by atoms with Gasteiger partial charge in [-0.2, -0.15) is 5.10 Å². The molecule has 6 heteroatoms. The number of anilines is 1. The second-order valence-electron chi connectivity index (χ2n) is 4.00. The highest BCUT2D eigenvalue weighted by Gasteiger charge is 2.01. The van der Waals surface area contributed by atoms with Crippen LogP contribution >= 0.6 is 27.3 Å². The molecule has 2 heterocycles. The first kappa shape index (κ1) is 12.4. The van der Waals surface area contributed by atoms with Gasteiger partial charge in [0.2, 0.25) is 0 Å². The fourth-order valence-corrected chi connectivity index (χ4v) is 2.88. The van der Waals surface area contributed by atoms with Gasteiger partial charge >= 0.3 is 0 Å². The average Bonchev–Trinajstić information content (AvgIpc) is 3.08. The summed E-state index contributed by atoms with van der Waals surface area (Å²) in [4.78, 5) is 4.29. The maximum atomic E-state index is 4.29. The Labute approximate surface area is 123 Å². The number of hydrogen-bond donors (Lipinski definition) is 2. The predicted molar refractivity (Wildman–Crippen MR) is 81.2 cm³/mol. The van der Waals surface area contributed by atoms with Crippen molar-refractivity contribution < 1.29 is 0 Å². The molecule has 0 spiro atoms. The molecule has 0 fully saturated rings. The highest BCUT2D eigenvalue weighted by Crippen LogP contribution is 2.21. The van der Waals surface area contributed by atoms with Gasteiger partial charge in [0.15, 0.2) is 5.13 Å². The molecule has 0 unspecified atom stereocenters. The second kappa shape index (κ2) is 5.54. The zero-order valence-electron chi connectivity index (χ0n) is 9.93. The van der Waals surface area contributed by atoms with Crippen molar-refractivity contribution in [3.05, 3.63) is 52.1 Å². The van der Waals surface area contributed by atoms with Crippen LogP contribution in [0.5, 0.6) is 0 Å². The summed E-state index contributed by atoms with van der Waals surface area (Å²) < 4.78 is 0.870. The fraction of sp³-hybridized carbons (Fsp3) is 0.0769. The van der Waals surface area contributed by atoms with Gasteiger partial charge in [-0.25, -0.2) is 4.98 Å². The first-order valence-electron chi connectivity index (χ1n) is 5.75. The van der Waals surface area contributed by atoms with Gasteiger partial charge in [0, 0.05) is 18.1 Å². The Kier molecular flexibility index (Phi) is 3.61. The van der Waals surface area contributed by atoms with Crippen LogP contribution in [-0.4, -0.2) is 15.2 Å². The molecule has 1 aromatic carbocycles. The van der Waals surface area contributed by atoms with E-state index in [0.717, 1.165) is 27.5 Å². The lowest BCUT2D eigenvalue weighted by atomic mass is 10.1. The molecule has 0 aliphatic rings. The van der Waals surface area contributed by atoms with Crippen molar-refractivity contribution in [1.29, 1.82) is 0 Å². The third kappa shape index (κ3) is 3.02. The Balaban J connectivity index is 1.66. The lowest BCUT2D eigenvalue weighted by Gasteiger charge is -2.04. The maximum Gasteiger partial charge on any atom is 0.184 e. The van der Waals surface area contributed by atoms with Gasteiger partial charge in [0.05, 0.1) is 5.69 Å². The largest absolute Gasteiger partial charge is 0.357 e. The maximum absolute atomic E-state index is 4.29. The number of hydrogen-bond acceptors (Lipinski definition) is 4. The molecule has 0 saturated carbocycles. The van der Waals surface area contributed by atoms with Crippen molar-refractivity contribution in [2.75, 3.05) is 5.32 Å². The predicted octanol–water partition coefficient (Wildman–Crippen LogP) is 3.91. The molecule has 0 radical (unpaired) electrons. The number of nitrogens with one attached hydrogen (secondary N) is 2. The molecule has 0 amide bonds. The summed E-state index contributed by atoms with van der Waals surface area (Å²) in [6.45, 7) is 0.767. The molecule has 4 nitrogen and oxygen atoms in total. The molecule has 0 saturated heterocycles. The van der Waals surface area contributed by atoms with Gasteiger partial charge in [0.1, 0.15) is 4.60 Å². The summed E-state index contributed by atoms with van der Waals surface area (Å²) >= 11 is 4.93. The standard InChI is InChI=1S/C13H11BrN4S/c14-12-8-19-13(17-12)15-7-9-1-3-10(4-2-9)11-5-6-16-18-11/h1-6,8H,7H2,(H,15,17)(H,16,18). The van der Waals surface area contributed by atoms with Crippen LogP contribution in [0.2, 0.25) is 0 Å². The van der Waals surface area contributed by atoms with Crippen LogP contribution in [-0.2, 0) is 6.54 Å². The van der Waals surface area contributed by atoms with E-state index in [-0.39, 0.29) is 0 Å². The van der Waals surface area contributed by atoms with Gasteiger partial charge in [-0.15, -0.1) is 11.3 Å². The molecule has 0 aliphatic carbocycles. The smallest absolute Gasteiger partial charge is 0.184 e. The number of halogens is 1. The molecule has 2 N–H and O–H groups in total. The first-order valence-corrected chi connectivity index (χ1v) is 7.42. The lowest BCUT2D eigenvalue weighted by molar-refractivity contribution is 1.09. The minimum atomic E-state index is 0.767. The zero-order valence-corrected chi connectivity index (χ0v) is 12.3. The number of thiazole rings is 1. The molecule has 0 aliphatic heterocycles. The van der Waals surface area contributed by atoms with E-state index in [2.05, 4.69) is 60.7 Å². The van der Waals surface area contributed by atoms with Gasteiger partial charge < -0.3 is 5.32 Å². The minimum absolute atomic E-state index is 0.767. The number of aromatic amines is 1. The van der Waals surface area contributed by atoms with Crippen LogP contribution in [0, 0.1) is 0 Å². The fourth-order valence-electron chi connectivity index (χ4n) is 1.73. The van der Waals surface area contributed by atoms with Crippen molar-refractivity contribution in [1.82, 2.24) is 15.2 Å². The molecule has 19 heavy (non-hydrogen) atoms. The number of aromatic nitrogens is 3. The second-order valence-corrected chi connectivity index (χ2v) is 5.67. The van der Waals surface area contributed by atoms with Crippen molar-refractivity contribution in [2.24, 2.45) is 0 Å². The van der Waals surface area contributed by atoms with Gasteiger partial charge in [-0.3, -0.25) is 5.10 Å². The highest BCUT2D eigenvalue weighted by molar-refractivity contribution is 9.10. The van der Waals surface area contributed by atoms with Crippen molar-refractivity contribution in [3.63, 3.8) is 0 Å². The Morgan fingerprint density at radius 2 is 2.05 bits per heavy atom. The minimum Gasteiger partial charge on any atom is -0.357 e. The Bertz CT molecular complexity index is 646. The van der Waals surface area contributed by atoms with E-state index in [9.17, 15) is 0 Å². The molecular formula is C13H11BrN4S. The van der Waals surface area contributed by atoms with E-state index >= 15 is 0 Å². The molecule has 0 bridgehead atoms. The Hall–Kier alpha value is -1.66. The molecule has 96 valence electrons. The van der Waals surface area contributed by atoms with E-state index in [0.29, 0.717) is 0 Å². The van der Waals surface area contributed by atoms with Crippen molar-refractivity contribution in [2.45, 2.75) is 6.54 Å². The van der Waals surface area contributed by atoms with Crippen LogP contribution in [0.15, 0.2) is 46.5 Å². The third-order valence-electron chi connectivity index (χ3n) is 2.69. The number of rotatable bonds is 4. The topological polar surface area (TPSA) is 53.6 Å². The summed E-state index contributed by atoms with van der Waals surface area (Å²) in [7, 11) is 0. The summed E-state index contributed by atoms with van der Waals surface area (Å²) in [5, 5.41) is 13.1. The summed E-state index contributed by atoms with van der Waals surface area (Å²) in [6, 6.07) is 10.3. The summed E-state index contributed by atoms with van der Waals surface area (Å²) in [5.41, 5.74) is 3.39. The van der Waals surface area contributed by atoms with E-state index in [1.165, 1.54) is 5.56 Å². The Morgan fingerprint density at radius 3 is 2.68 bits per heavy atom. The van der Waals surface area contributed by atoms with E-state index in [4.69, 9.17) is 0 Å². The van der Waals surface area contributed by atoms with Crippen molar-refractivity contribution >= 4 is 32.4 Å². The summed E-state index contributed by atoms with van der Waals surface area (Å²) in [6.07, 6.45) is 1.76. The van der Waals surface area contributed by atoms with Gasteiger partial charge in [-0.1, -0.05) is 24.3 Å². The number of benzene rings is 1. The monoisotopic (exact) mass is 334 g/mol. The van der Waals surface area contributed by atoms with Crippen LogP contribution in [0.3, 0.4) is 0 Å². The van der Waals surface area contributed by atoms with Crippen molar-refractivity contribution in [3.8, 4) is 11.3 Å². The first-order chi connectivity index (χ1) is 9.31. The lowest BCUT2D eigenvalue weighted by Crippen LogP contribution is -1.98. The normalized spacial score (nSPS) is 10.6. The summed E-state index contributed by atoms with van der Waals surface area (Å²) in [5.74, 6) is 0. The SMILES string of the molecule is Brc1csc(NCc2ccc(-c3ccn[nH]3)cc2)n1. The number of H-pyrrole nitrogens is 1. The number of nitrogens with zero attached hydrogens (tertiary/aromatic N) is 2. The van der Waals surface area contributed by atoms with Crippen LogP contribution in [0.1, 0.15) is 5.56 Å². The van der Waals surface area contributed by atoms with E-state index in [1.54, 1.807) is 17.5 Å².